The fourth-order valence-electron chi connectivity index (χ4n) is 3.38. The summed E-state index contributed by atoms with van der Waals surface area (Å²) in [6.45, 7) is 8.44. The Morgan fingerprint density at radius 3 is 2.43 bits per heavy atom. The van der Waals surface area contributed by atoms with Crippen LogP contribution in [0.15, 0.2) is 0 Å². The number of hydrogen-bond acceptors (Lipinski definition) is 3. The van der Waals surface area contributed by atoms with Crippen LogP contribution in [0.4, 0.5) is 4.79 Å². The van der Waals surface area contributed by atoms with Crippen LogP contribution in [0.25, 0.3) is 0 Å². The Labute approximate surface area is 126 Å². The molecule has 0 saturated carbocycles. The van der Waals surface area contributed by atoms with Gasteiger partial charge in [-0.05, 0) is 26.7 Å². The second-order valence-electron chi connectivity index (χ2n) is 6.82. The van der Waals surface area contributed by atoms with Gasteiger partial charge in [0.05, 0.1) is 24.2 Å². The molecule has 1 N–H and O–H groups in total. The molecule has 6 heteroatoms. The lowest BCUT2D eigenvalue weighted by Gasteiger charge is -2.39. The molecule has 0 spiro atoms. The Bertz CT molecular complexity index is 424. The van der Waals surface area contributed by atoms with Crippen LogP contribution < -0.4 is 0 Å². The first-order valence-corrected chi connectivity index (χ1v) is 7.71. The van der Waals surface area contributed by atoms with E-state index in [1.165, 1.54) is 0 Å². The van der Waals surface area contributed by atoms with Gasteiger partial charge in [-0.2, -0.15) is 0 Å². The molecule has 0 aliphatic carbocycles. The van der Waals surface area contributed by atoms with Crippen LogP contribution in [-0.2, 0) is 9.53 Å². The van der Waals surface area contributed by atoms with Gasteiger partial charge >= 0.3 is 12.0 Å². The molecule has 0 aromatic carbocycles. The van der Waals surface area contributed by atoms with E-state index < -0.39 is 11.4 Å². The monoisotopic (exact) mass is 298 g/mol. The molecule has 2 fully saturated rings. The van der Waals surface area contributed by atoms with Crippen molar-refractivity contribution < 1.29 is 19.4 Å². The van der Waals surface area contributed by atoms with Gasteiger partial charge in [-0.15, -0.1) is 0 Å². The van der Waals surface area contributed by atoms with Crippen LogP contribution in [0.5, 0.6) is 0 Å². The number of urea groups is 1. The van der Waals surface area contributed by atoms with Crippen LogP contribution in [-0.4, -0.2) is 65.3 Å². The van der Waals surface area contributed by atoms with Crippen LogP contribution in [0, 0.1) is 5.41 Å². The number of carboxylic acid groups (broad SMARTS) is 1. The van der Waals surface area contributed by atoms with E-state index in [1.54, 1.807) is 9.80 Å². The highest BCUT2D eigenvalue weighted by Gasteiger charge is 2.46. The Morgan fingerprint density at radius 1 is 1.19 bits per heavy atom. The lowest BCUT2D eigenvalue weighted by Crippen LogP contribution is -2.54. The zero-order chi connectivity index (χ0) is 15.7. The normalized spacial score (nSPS) is 28.7. The zero-order valence-corrected chi connectivity index (χ0v) is 13.2. The molecule has 0 bridgehead atoms. The molecule has 0 aromatic rings. The first-order valence-electron chi connectivity index (χ1n) is 7.71. The molecule has 1 atom stereocenters. The van der Waals surface area contributed by atoms with Gasteiger partial charge in [0.15, 0.2) is 0 Å². The molecule has 2 amide bonds. The highest BCUT2D eigenvalue weighted by molar-refractivity contribution is 5.80. The van der Waals surface area contributed by atoms with Crippen molar-refractivity contribution in [3.8, 4) is 0 Å². The maximum absolute atomic E-state index is 12.6. The molecule has 2 saturated heterocycles. The average molecular weight is 298 g/mol. The number of amides is 2. The third-order valence-corrected chi connectivity index (χ3v) is 4.50. The maximum Gasteiger partial charge on any atom is 0.320 e. The number of carbonyl (C=O) groups is 2. The third kappa shape index (κ3) is 3.31. The minimum absolute atomic E-state index is 0.0504. The third-order valence-electron chi connectivity index (χ3n) is 4.50. The summed E-state index contributed by atoms with van der Waals surface area (Å²) < 4.78 is 5.62. The van der Waals surface area contributed by atoms with Gasteiger partial charge in [-0.25, -0.2) is 4.79 Å². The van der Waals surface area contributed by atoms with E-state index in [0.717, 1.165) is 6.42 Å². The summed E-state index contributed by atoms with van der Waals surface area (Å²) in [5.41, 5.74) is -1.09. The van der Waals surface area contributed by atoms with Crippen molar-refractivity contribution in [1.29, 1.82) is 0 Å². The number of hydrogen-bond donors (Lipinski definition) is 1. The number of likely N-dealkylation sites (tertiary alicyclic amines) is 1. The molecule has 1 unspecified atom stereocenters. The Hall–Kier alpha value is -1.30. The lowest BCUT2D eigenvalue weighted by molar-refractivity contribution is -0.148. The summed E-state index contributed by atoms with van der Waals surface area (Å²) in [6.07, 6.45) is 2.00. The number of carbonyl (C=O) groups excluding carboxylic acids is 1. The van der Waals surface area contributed by atoms with Gasteiger partial charge in [-0.3, -0.25) is 4.79 Å². The first-order chi connectivity index (χ1) is 9.80. The van der Waals surface area contributed by atoms with Gasteiger partial charge in [0, 0.05) is 19.6 Å². The van der Waals surface area contributed by atoms with E-state index in [0.29, 0.717) is 45.6 Å². The number of carboxylic acids is 1. The molecular formula is C15H26N2O4. The molecule has 0 aromatic heterocycles. The predicted octanol–water partition coefficient (Wildman–Crippen LogP) is 1.79. The van der Waals surface area contributed by atoms with E-state index >= 15 is 0 Å². The summed E-state index contributed by atoms with van der Waals surface area (Å²) in [4.78, 5) is 27.7. The fraction of sp³-hybridized carbons (Fsp3) is 0.867. The molecule has 21 heavy (non-hydrogen) atoms. The van der Waals surface area contributed by atoms with Crippen molar-refractivity contribution in [1.82, 2.24) is 9.80 Å². The van der Waals surface area contributed by atoms with E-state index in [1.807, 2.05) is 20.8 Å². The highest BCUT2D eigenvalue weighted by Crippen LogP contribution is 2.36. The molecule has 2 heterocycles. The second-order valence-corrected chi connectivity index (χ2v) is 6.82. The highest BCUT2D eigenvalue weighted by atomic mass is 16.5. The molecule has 2 rings (SSSR count). The molecule has 2 aliphatic heterocycles. The van der Waals surface area contributed by atoms with Gasteiger partial charge in [0.1, 0.15) is 0 Å². The Kier molecular flexibility index (Phi) is 4.46. The van der Waals surface area contributed by atoms with E-state index in [4.69, 9.17) is 4.74 Å². The summed E-state index contributed by atoms with van der Waals surface area (Å²) in [5.74, 6) is -0.776. The van der Waals surface area contributed by atoms with Crippen molar-refractivity contribution in [3.63, 3.8) is 0 Å². The molecule has 120 valence electrons. The quantitative estimate of drug-likeness (QED) is 0.862. The van der Waals surface area contributed by atoms with Crippen molar-refractivity contribution in [2.24, 2.45) is 5.41 Å². The summed E-state index contributed by atoms with van der Waals surface area (Å²) >= 11 is 0. The largest absolute Gasteiger partial charge is 0.481 e. The Balaban J connectivity index is 2.03. The summed E-state index contributed by atoms with van der Waals surface area (Å²) in [6, 6.07) is -0.0504. The van der Waals surface area contributed by atoms with E-state index in [9.17, 15) is 14.7 Å². The maximum atomic E-state index is 12.6. The van der Waals surface area contributed by atoms with Crippen molar-refractivity contribution in [2.75, 3.05) is 32.8 Å². The van der Waals surface area contributed by atoms with Gasteiger partial charge in [-0.1, -0.05) is 13.3 Å². The van der Waals surface area contributed by atoms with Crippen LogP contribution in [0.2, 0.25) is 0 Å². The summed E-state index contributed by atoms with van der Waals surface area (Å²) in [5, 5.41) is 9.52. The predicted molar refractivity (Wildman–Crippen MR) is 78.2 cm³/mol. The van der Waals surface area contributed by atoms with Crippen LogP contribution >= 0.6 is 0 Å². The molecule has 0 radical (unpaired) electrons. The van der Waals surface area contributed by atoms with E-state index in [2.05, 4.69) is 0 Å². The summed E-state index contributed by atoms with van der Waals surface area (Å²) in [7, 11) is 0. The van der Waals surface area contributed by atoms with Gasteiger partial charge in [0.25, 0.3) is 0 Å². The second kappa shape index (κ2) is 5.83. The fourth-order valence-corrected chi connectivity index (χ4v) is 3.38. The van der Waals surface area contributed by atoms with E-state index in [-0.39, 0.29) is 11.6 Å². The van der Waals surface area contributed by atoms with Crippen LogP contribution in [0.3, 0.4) is 0 Å². The minimum atomic E-state index is -0.776. The topological polar surface area (TPSA) is 70.1 Å². The number of aliphatic carboxylic acids is 1. The smallest absolute Gasteiger partial charge is 0.320 e. The molecule has 6 nitrogen and oxygen atoms in total. The average Bonchev–Trinajstić information content (AvgIpc) is 2.83. The number of ether oxygens (including phenoxy) is 1. The van der Waals surface area contributed by atoms with Crippen molar-refractivity contribution in [3.05, 3.63) is 0 Å². The Morgan fingerprint density at radius 2 is 1.86 bits per heavy atom. The minimum Gasteiger partial charge on any atom is -0.481 e. The number of nitrogens with zero attached hydrogens (tertiary/aromatic N) is 2. The first kappa shape index (κ1) is 16.1. The number of morpholine rings is 1. The SMILES string of the molecule is CCCC1(C(=O)O)CCN(C(=O)N2CCOC(C)(C)C2)C1. The van der Waals surface area contributed by atoms with Gasteiger partial charge < -0.3 is 19.6 Å². The zero-order valence-electron chi connectivity index (χ0n) is 13.2. The molecular weight excluding hydrogens is 272 g/mol. The van der Waals surface area contributed by atoms with Crippen molar-refractivity contribution >= 4 is 12.0 Å². The van der Waals surface area contributed by atoms with Crippen LogP contribution in [0.1, 0.15) is 40.0 Å². The lowest BCUT2D eigenvalue weighted by atomic mass is 9.83. The number of rotatable bonds is 3. The molecule has 2 aliphatic rings. The standard InChI is InChI=1S/C15H26N2O4/c1-4-5-15(12(18)19)6-7-16(11-15)13(20)17-8-9-21-14(2,3)10-17/h4-11H2,1-3H3,(H,18,19). The van der Waals surface area contributed by atoms with Gasteiger partial charge in [0.2, 0.25) is 0 Å². The van der Waals surface area contributed by atoms with Crippen molar-refractivity contribution in [2.45, 2.75) is 45.6 Å².